The number of hydrogen-bond acceptors (Lipinski definition) is 3. The van der Waals surface area contributed by atoms with Crippen LogP contribution in [0.5, 0.6) is 0 Å². The number of nitrogens with zero attached hydrogens (tertiary/aromatic N) is 2. The Kier molecular flexibility index (Phi) is 5.01. The predicted octanol–water partition coefficient (Wildman–Crippen LogP) is 2.43. The number of alkyl halides is 3. The van der Waals surface area contributed by atoms with E-state index in [0.717, 1.165) is 26.2 Å². The molecule has 1 unspecified atom stereocenters. The van der Waals surface area contributed by atoms with Crippen LogP contribution >= 0.6 is 0 Å². The van der Waals surface area contributed by atoms with Gasteiger partial charge in [0.05, 0.1) is 12.5 Å². The highest BCUT2D eigenvalue weighted by Gasteiger charge is 2.33. The van der Waals surface area contributed by atoms with Gasteiger partial charge in [0.25, 0.3) is 0 Å². The van der Waals surface area contributed by atoms with E-state index in [0.29, 0.717) is 5.56 Å². The number of halogens is 3. The Labute approximate surface area is 117 Å². The Hall–Kier alpha value is -1.11. The average molecular weight is 287 g/mol. The van der Waals surface area contributed by atoms with Crippen LogP contribution in [0.15, 0.2) is 30.3 Å². The Balaban J connectivity index is 2.03. The monoisotopic (exact) mass is 287 g/mol. The summed E-state index contributed by atoms with van der Waals surface area (Å²) in [6.45, 7) is 3.19. The molecule has 1 aromatic rings. The highest BCUT2D eigenvalue weighted by atomic mass is 19.4. The molecule has 1 aliphatic rings. The van der Waals surface area contributed by atoms with Gasteiger partial charge in [-0.05, 0) is 12.6 Å². The number of likely N-dealkylation sites (N-methyl/N-ethyl adjacent to an activating group) is 1. The fourth-order valence-corrected chi connectivity index (χ4v) is 2.31. The molecule has 0 amide bonds. The summed E-state index contributed by atoms with van der Waals surface area (Å²) >= 11 is 0. The third kappa shape index (κ3) is 4.77. The second-order valence-corrected chi connectivity index (χ2v) is 5.20. The van der Waals surface area contributed by atoms with Gasteiger partial charge < -0.3 is 4.90 Å². The lowest BCUT2D eigenvalue weighted by atomic mass is 10.0. The first-order valence-corrected chi connectivity index (χ1v) is 6.75. The van der Waals surface area contributed by atoms with Crippen molar-refractivity contribution in [3.63, 3.8) is 0 Å². The molecular formula is C14H20F3N3. The number of rotatable bonds is 4. The number of piperazine rings is 1. The van der Waals surface area contributed by atoms with E-state index < -0.39 is 18.6 Å². The summed E-state index contributed by atoms with van der Waals surface area (Å²) in [5, 5.41) is 1.89. The van der Waals surface area contributed by atoms with Crippen LogP contribution < -0.4 is 5.43 Å². The van der Waals surface area contributed by atoms with Gasteiger partial charge >= 0.3 is 6.18 Å². The fourth-order valence-electron chi connectivity index (χ4n) is 2.31. The van der Waals surface area contributed by atoms with Crippen LogP contribution in [0.1, 0.15) is 18.0 Å². The third-order valence-corrected chi connectivity index (χ3v) is 3.48. The summed E-state index contributed by atoms with van der Waals surface area (Å²) in [6, 6.07) is 8.09. The van der Waals surface area contributed by atoms with Gasteiger partial charge in [0.2, 0.25) is 0 Å². The molecule has 2 rings (SSSR count). The fraction of sp³-hybridized carbons (Fsp3) is 0.571. The molecule has 0 aliphatic carbocycles. The summed E-state index contributed by atoms with van der Waals surface area (Å²) in [5.74, 6) is 0. The quantitative estimate of drug-likeness (QED) is 0.917. The number of benzene rings is 1. The molecule has 0 aromatic heterocycles. The maximum absolute atomic E-state index is 12.7. The van der Waals surface area contributed by atoms with Gasteiger partial charge in [-0.25, -0.2) is 10.4 Å². The summed E-state index contributed by atoms with van der Waals surface area (Å²) in [7, 11) is 2.02. The second-order valence-electron chi connectivity index (χ2n) is 5.20. The molecule has 1 aromatic carbocycles. The largest absolute Gasteiger partial charge is 0.390 e. The van der Waals surface area contributed by atoms with Crippen LogP contribution in [0.25, 0.3) is 0 Å². The molecule has 1 fully saturated rings. The van der Waals surface area contributed by atoms with Crippen LogP contribution in [0.4, 0.5) is 13.2 Å². The molecule has 1 saturated heterocycles. The van der Waals surface area contributed by atoms with Crippen LogP contribution in [-0.4, -0.2) is 49.3 Å². The summed E-state index contributed by atoms with van der Waals surface area (Å²) in [6.07, 6.45) is -5.04. The first-order chi connectivity index (χ1) is 9.44. The van der Waals surface area contributed by atoms with E-state index in [9.17, 15) is 13.2 Å². The molecule has 0 radical (unpaired) electrons. The van der Waals surface area contributed by atoms with E-state index in [-0.39, 0.29) is 0 Å². The SMILES string of the molecule is CN1CCN(NC(CC(F)(F)F)c2ccccc2)CC1. The van der Waals surface area contributed by atoms with Gasteiger partial charge in [-0.1, -0.05) is 30.3 Å². The van der Waals surface area contributed by atoms with Gasteiger partial charge in [-0.15, -0.1) is 0 Å². The lowest BCUT2D eigenvalue weighted by molar-refractivity contribution is -0.144. The lowest BCUT2D eigenvalue weighted by Gasteiger charge is -2.35. The van der Waals surface area contributed by atoms with E-state index in [4.69, 9.17) is 0 Å². The van der Waals surface area contributed by atoms with Crippen molar-refractivity contribution in [3.05, 3.63) is 35.9 Å². The van der Waals surface area contributed by atoms with Gasteiger partial charge in [0.1, 0.15) is 0 Å². The highest BCUT2D eigenvalue weighted by Crippen LogP contribution is 2.29. The molecule has 1 N–H and O–H groups in total. The van der Waals surface area contributed by atoms with Crippen molar-refractivity contribution < 1.29 is 13.2 Å². The molecule has 6 heteroatoms. The van der Waals surface area contributed by atoms with Crippen molar-refractivity contribution >= 4 is 0 Å². The van der Waals surface area contributed by atoms with Crippen molar-refractivity contribution in [2.45, 2.75) is 18.6 Å². The van der Waals surface area contributed by atoms with Crippen molar-refractivity contribution in [1.29, 1.82) is 0 Å². The van der Waals surface area contributed by atoms with Gasteiger partial charge in [0.15, 0.2) is 0 Å². The van der Waals surface area contributed by atoms with Crippen molar-refractivity contribution in [2.75, 3.05) is 33.2 Å². The van der Waals surface area contributed by atoms with Crippen LogP contribution in [-0.2, 0) is 0 Å². The molecule has 1 aliphatic heterocycles. The number of hydrogen-bond donors (Lipinski definition) is 1. The normalized spacial score (nSPS) is 20.0. The maximum atomic E-state index is 12.7. The first kappa shape index (κ1) is 15.3. The van der Waals surface area contributed by atoms with E-state index in [1.165, 1.54) is 0 Å². The predicted molar refractivity (Wildman–Crippen MR) is 72.1 cm³/mol. The molecule has 20 heavy (non-hydrogen) atoms. The zero-order valence-electron chi connectivity index (χ0n) is 11.5. The average Bonchev–Trinajstić information content (AvgIpc) is 2.40. The second kappa shape index (κ2) is 6.56. The standard InChI is InChI=1S/C14H20F3N3/c1-19-7-9-20(10-8-19)18-13(11-14(15,16)17)12-5-3-2-4-6-12/h2-6,13,18H,7-11H2,1H3. The molecule has 1 heterocycles. The molecule has 0 spiro atoms. The Morgan fingerprint density at radius 1 is 1.10 bits per heavy atom. The summed E-state index contributed by atoms with van der Waals surface area (Å²) in [4.78, 5) is 2.17. The Bertz CT molecular complexity index is 400. The smallest absolute Gasteiger partial charge is 0.304 e. The van der Waals surface area contributed by atoms with Gasteiger partial charge in [-0.2, -0.15) is 13.2 Å². The summed E-state index contributed by atoms with van der Waals surface area (Å²) in [5.41, 5.74) is 3.71. The van der Waals surface area contributed by atoms with Gasteiger partial charge in [-0.3, -0.25) is 0 Å². The topological polar surface area (TPSA) is 18.5 Å². The minimum absolute atomic E-state index is 0.670. The minimum Gasteiger partial charge on any atom is -0.304 e. The van der Waals surface area contributed by atoms with Crippen molar-refractivity contribution in [2.24, 2.45) is 0 Å². The minimum atomic E-state index is -4.18. The maximum Gasteiger partial charge on any atom is 0.390 e. The van der Waals surface area contributed by atoms with Crippen LogP contribution in [0.3, 0.4) is 0 Å². The lowest BCUT2D eigenvalue weighted by Crippen LogP contribution is -2.52. The molecule has 0 bridgehead atoms. The molecule has 112 valence electrons. The van der Waals surface area contributed by atoms with Crippen LogP contribution in [0.2, 0.25) is 0 Å². The Morgan fingerprint density at radius 3 is 2.25 bits per heavy atom. The van der Waals surface area contributed by atoms with Crippen molar-refractivity contribution in [1.82, 2.24) is 15.3 Å². The Morgan fingerprint density at radius 2 is 1.70 bits per heavy atom. The first-order valence-electron chi connectivity index (χ1n) is 6.75. The van der Waals surface area contributed by atoms with E-state index >= 15 is 0 Å². The molecule has 3 nitrogen and oxygen atoms in total. The molecule has 1 atom stereocenters. The number of hydrazine groups is 1. The summed E-state index contributed by atoms with van der Waals surface area (Å²) < 4.78 is 38.2. The zero-order valence-corrected chi connectivity index (χ0v) is 11.5. The van der Waals surface area contributed by atoms with E-state index in [1.54, 1.807) is 24.3 Å². The third-order valence-electron chi connectivity index (χ3n) is 3.48. The van der Waals surface area contributed by atoms with Gasteiger partial charge in [0, 0.05) is 26.2 Å². The van der Waals surface area contributed by atoms with Crippen LogP contribution in [0, 0.1) is 0 Å². The number of nitrogens with one attached hydrogen (secondary N) is 1. The molecule has 0 saturated carbocycles. The van der Waals surface area contributed by atoms with Crippen molar-refractivity contribution in [3.8, 4) is 0 Å². The van der Waals surface area contributed by atoms with E-state index in [2.05, 4.69) is 10.3 Å². The zero-order chi connectivity index (χ0) is 14.6. The highest BCUT2D eigenvalue weighted by molar-refractivity contribution is 5.19. The van der Waals surface area contributed by atoms with E-state index in [1.807, 2.05) is 18.1 Å². The molecular weight excluding hydrogens is 267 g/mol.